The number of benzene rings is 1. The highest BCUT2D eigenvalue weighted by molar-refractivity contribution is 5.95. The van der Waals surface area contributed by atoms with E-state index in [0.717, 1.165) is 42.6 Å². The second-order valence-electron chi connectivity index (χ2n) is 4.61. The van der Waals surface area contributed by atoms with Crippen LogP contribution in [0.2, 0.25) is 0 Å². The summed E-state index contributed by atoms with van der Waals surface area (Å²) in [7, 11) is 1.85. The van der Waals surface area contributed by atoms with Gasteiger partial charge in [-0.3, -0.25) is 10.6 Å². The number of hydrazine groups is 1. The van der Waals surface area contributed by atoms with Crippen LogP contribution in [0, 0.1) is 6.92 Å². The van der Waals surface area contributed by atoms with Crippen LogP contribution in [-0.2, 0) is 0 Å². The normalized spacial score (nSPS) is 10.2. The molecular formula is C14H23N3O. The summed E-state index contributed by atoms with van der Waals surface area (Å²) in [4.78, 5) is 14.0. The van der Waals surface area contributed by atoms with Crippen molar-refractivity contribution >= 4 is 11.6 Å². The molecule has 3 N–H and O–H groups in total. The van der Waals surface area contributed by atoms with Gasteiger partial charge < -0.3 is 10.3 Å². The van der Waals surface area contributed by atoms with E-state index < -0.39 is 0 Å². The number of nitrogens with two attached hydrogens (primary N) is 1. The molecule has 0 aliphatic heterocycles. The van der Waals surface area contributed by atoms with Gasteiger partial charge in [0, 0.05) is 24.8 Å². The van der Waals surface area contributed by atoms with E-state index in [1.807, 2.05) is 32.2 Å². The number of anilines is 1. The number of carbonyl (C=O) groups is 1. The maximum Gasteiger partial charge on any atom is 0.253 e. The molecule has 1 amide bonds. The lowest BCUT2D eigenvalue weighted by Crippen LogP contribution is -2.28. The third-order valence-electron chi connectivity index (χ3n) is 3.07. The van der Waals surface area contributed by atoms with E-state index in [-0.39, 0.29) is 5.91 Å². The summed E-state index contributed by atoms with van der Waals surface area (Å²) in [5, 5.41) is 0. The largest absolute Gasteiger partial charge is 0.342 e. The Morgan fingerprint density at radius 1 is 1.39 bits per heavy atom. The predicted octanol–water partition coefficient (Wildman–Crippen LogP) is 2.54. The number of aryl methyl sites for hydroxylation is 1. The van der Waals surface area contributed by atoms with Crippen LogP contribution in [0.1, 0.15) is 42.1 Å². The number of hydrogen-bond acceptors (Lipinski definition) is 3. The minimum absolute atomic E-state index is 0.0761. The fourth-order valence-corrected chi connectivity index (χ4v) is 1.90. The number of nitrogens with one attached hydrogen (secondary N) is 1. The number of hydrogen-bond donors (Lipinski definition) is 2. The number of nitrogens with zero attached hydrogens (tertiary/aromatic N) is 1. The lowest BCUT2D eigenvalue weighted by molar-refractivity contribution is 0.0792. The maximum atomic E-state index is 12.2. The molecule has 0 fully saturated rings. The zero-order chi connectivity index (χ0) is 13.5. The molecule has 0 unspecified atom stereocenters. The molecule has 1 rings (SSSR count). The van der Waals surface area contributed by atoms with Gasteiger partial charge in [-0.25, -0.2) is 0 Å². The van der Waals surface area contributed by atoms with E-state index in [1.54, 1.807) is 4.90 Å². The van der Waals surface area contributed by atoms with Crippen LogP contribution >= 0.6 is 0 Å². The zero-order valence-corrected chi connectivity index (χ0v) is 11.5. The van der Waals surface area contributed by atoms with Crippen LogP contribution < -0.4 is 11.3 Å². The van der Waals surface area contributed by atoms with Gasteiger partial charge >= 0.3 is 0 Å². The van der Waals surface area contributed by atoms with Crippen molar-refractivity contribution in [3.05, 3.63) is 29.3 Å². The molecule has 1 aromatic rings. The molecule has 0 aliphatic carbocycles. The minimum Gasteiger partial charge on any atom is -0.342 e. The lowest BCUT2D eigenvalue weighted by Gasteiger charge is -2.18. The van der Waals surface area contributed by atoms with Crippen LogP contribution in [0.4, 0.5) is 5.69 Å². The molecule has 4 heteroatoms. The summed E-state index contributed by atoms with van der Waals surface area (Å²) >= 11 is 0. The first kappa shape index (κ1) is 14.5. The average Bonchev–Trinajstić information content (AvgIpc) is 2.38. The molecule has 100 valence electrons. The third-order valence-corrected chi connectivity index (χ3v) is 3.07. The van der Waals surface area contributed by atoms with Crippen molar-refractivity contribution in [1.82, 2.24) is 4.90 Å². The molecule has 0 saturated heterocycles. The van der Waals surface area contributed by atoms with E-state index in [2.05, 4.69) is 12.3 Å². The molecule has 0 aliphatic rings. The van der Waals surface area contributed by atoms with Crippen molar-refractivity contribution in [2.75, 3.05) is 19.0 Å². The van der Waals surface area contributed by atoms with Crippen LogP contribution in [0.25, 0.3) is 0 Å². The molecule has 0 radical (unpaired) electrons. The van der Waals surface area contributed by atoms with Gasteiger partial charge in [0.25, 0.3) is 5.91 Å². The molecule has 4 nitrogen and oxygen atoms in total. The van der Waals surface area contributed by atoms with Gasteiger partial charge in [0.15, 0.2) is 0 Å². The van der Waals surface area contributed by atoms with Gasteiger partial charge in [-0.05, 0) is 37.1 Å². The Balaban J connectivity index is 2.71. The van der Waals surface area contributed by atoms with Gasteiger partial charge in [0.05, 0.1) is 0 Å². The Kier molecular flexibility index (Phi) is 5.65. The van der Waals surface area contributed by atoms with E-state index >= 15 is 0 Å². The summed E-state index contributed by atoms with van der Waals surface area (Å²) in [6.07, 6.45) is 3.38. The Morgan fingerprint density at radius 2 is 2.11 bits per heavy atom. The standard InChI is InChI=1S/C14H23N3O/c1-4-5-6-9-17(3)14(18)13-8-7-12(16-15)10-11(13)2/h7-8,10,16H,4-6,9,15H2,1-3H3. The monoisotopic (exact) mass is 249 g/mol. The second-order valence-corrected chi connectivity index (χ2v) is 4.61. The highest BCUT2D eigenvalue weighted by Crippen LogP contribution is 2.16. The first-order chi connectivity index (χ1) is 8.60. The molecule has 1 aromatic carbocycles. The van der Waals surface area contributed by atoms with Gasteiger partial charge in [0.1, 0.15) is 0 Å². The number of amides is 1. The minimum atomic E-state index is 0.0761. The predicted molar refractivity (Wildman–Crippen MR) is 75.5 cm³/mol. The third kappa shape index (κ3) is 3.74. The molecule has 0 atom stereocenters. The Bertz CT molecular complexity index is 404. The van der Waals surface area contributed by atoms with Crippen molar-refractivity contribution in [3.63, 3.8) is 0 Å². The Labute approximate surface area is 109 Å². The van der Waals surface area contributed by atoms with Crippen LogP contribution in [0.3, 0.4) is 0 Å². The fourth-order valence-electron chi connectivity index (χ4n) is 1.90. The second kappa shape index (κ2) is 7.01. The highest BCUT2D eigenvalue weighted by Gasteiger charge is 2.13. The van der Waals surface area contributed by atoms with Crippen molar-refractivity contribution < 1.29 is 4.79 Å². The lowest BCUT2D eigenvalue weighted by atomic mass is 10.1. The van der Waals surface area contributed by atoms with Gasteiger partial charge in [-0.15, -0.1) is 0 Å². The average molecular weight is 249 g/mol. The van der Waals surface area contributed by atoms with E-state index in [0.29, 0.717) is 0 Å². The van der Waals surface area contributed by atoms with E-state index in [9.17, 15) is 4.79 Å². The maximum absolute atomic E-state index is 12.2. The molecule has 0 bridgehead atoms. The van der Waals surface area contributed by atoms with Crippen LogP contribution in [-0.4, -0.2) is 24.4 Å². The molecule has 0 heterocycles. The first-order valence-corrected chi connectivity index (χ1v) is 6.42. The summed E-state index contributed by atoms with van der Waals surface area (Å²) in [6.45, 7) is 4.89. The van der Waals surface area contributed by atoms with Crippen LogP contribution in [0.5, 0.6) is 0 Å². The van der Waals surface area contributed by atoms with Crippen molar-refractivity contribution in [2.45, 2.75) is 33.1 Å². The van der Waals surface area contributed by atoms with Crippen molar-refractivity contribution in [2.24, 2.45) is 5.84 Å². The van der Waals surface area contributed by atoms with Gasteiger partial charge in [-0.1, -0.05) is 19.8 Å². The molecular weight excluding hydrogens is 226 g/mol. The molecule has 18 heavy (non-hydrogen) atoms. The quantitative estimate of drug-likeness (QED) is 0.463. The Morgan fingerprint density at radius 3 is 2.67 bits per heavy atom. The van der Waals surface area contributed by atoms with E-state index in [1.165, 1.54) is 0 Å². The number of unbranched alkanes of at least 4 members (excludes halogenated alkanes) is 2. The van der Waals surface area contributed by atoms with Crippen molar-refractivity contribution in [1.29, 1.82) is 0 Å². The molecule has 0 saturated carbocycles. The summed E-state index contributed by atoms with van der Waals surface area (Å²) in [5.41, 5.74) is 5.08. The number of carbonyl (C=O) groups excluding carboxylic acids is 1. The van der Waals surface area contributed by atoms with E-state index in [4.69, 9.17) is 5.84 Å². The van der Waals surface area contributed by atoms with Crippen LogP contribution in [0.15, 0.2) is 18.2 Å². The summed E-state index contributed by atoms with van der Waals surface area (Å²) < 4.78 is 0. The van der Waals surface area contributed by atoms with Gasteiger partial charge in [-0.2, -0.15) is 0 Å². The summed E-state index contributed by atoms with van der Waals surface area (Å²) in [5.74, 6) is 5.42. The van der Waals surface area contributed by atoms with Crippen molar-refractivity contribution in [3.8, 4) is 0 Å². The highest BCUT2D eigenvalue weighted by atomic mass is 16.2. The van der Waals surface area contributed by atoms with Gasteiger partial charge in [0.2, 0.25) is 0 Å². The SMILES string of the molecule is CCCCCN(C)C(=O)c1ccc(NN)cc1C. The topological polar surface area (TPSA) is 58.4 Å². The smallest absolute Gasteiger partial charge is 0.253 e. The summed E-state index contributed by atoms with van der Waals surface area (Å²) in [6, 6.07) is 5.52. The molecule has 0 spiro atoms. The molecule has 0 aromatic heterocycles. The first-order valence-electron chi connectivity index (χ1n) is 6.42. The number of rotatable bonds is 6. The Hall–Kier alpha value is -1.55. The zero-order valence-electron chi connectivity index (χ0n) is 11.5. The number of nitrogen functional groups attached to an aromatic ring is 1. The fraction of sp³-hybridized carbons (Fsp3) is 0.500.